The maximum absolute atomic E-state index is 11.9. The van der Waals surface area contributed by atoms with Crippen molar-refractivity contribution in [3.63, 3.8) is 0 Å². The third-order valence-electron chi connectivity index (χ3n) is 2.66. The normalized spacial score (nSPS) is 26.1. The number of carbonyl (C=O) groups is 1. The van der Waals surface area contributed by atoms with Crippen LogP contribution in [0.1, 0.15) is 47.0 Å². The molecular formula is C12H20N2O2. The molecule has 1 aliphatic heterocycles. The van der Waals surface area contributed by atoms with Crippen LogP contribution >= 0.6 is 0 Å². The van der Waals surface area contributed by atoms with Gasteiger partial charge >= 0.3 is 6.09 Å². The summed E-state index contributed by atoms with van der Waals surface area (Å²) in [6.45, 7) is 7.47. The summed E-state index contributed by atoms with van der Waals surface area (Å²) in [5.74, 6) is 0. The summed E-state index contributed by atoms with van der Waals surface area (Å²) < 4.78 is 5.32. The zero-order valence-corrected chi connectivity index (χ0v) is 10.5. The van der Waals surface area contributed by atoms with E-state index in [9.17, 15) is 4.79 Å². The molecule has 1 heterocycles. The number of rotatable bonds is 0. The van der Waals surface area contributed by atoms with Crippen molar-refractivity contribution in [2.24, 2.45) is 0 Å². The molecule has 2 atom stereocenters. The summed E-state index contributed by atoms with van der Waals surface area (Å²) in [4.78, 5) is 13.5. The minimum Gasteiger partial charge on any atom is -0.444 e. The minimum absolute atomic E-state index is 0.0910. The lowest BCUT2D eigenvalue weighted by atomic mass is 9.98. The zero-order valence-electron chi connectivity index (χ0n) is 10.5. The van der Waals surface area contributed by atoms with Gasteiger partial charge in [-0.25, -0.2) is 4.79 Å². The first-order valence-corrected chi connectivity index (χ1v) is 5.76. The number of likely N-dealkylation sites (tertiary alicyclic amines) is 1. The highest BCUT2D eigenvalue weighted by molar-refractivity contribution is 5.69. The molecule has 0 unspecified atom stereocenters. The highest BCUT2D eigenvalue weighted by atomic mass is 16.6. The molecule has 4 heteroatoms. The Morgan fingerprint density at radius 1 is 1.44 bits per heavy atom. The largest absolute Gasteiger partial charge is 0.444 e. The summed E-state index contributed by atoms with van der Waals surface area (Å²) in [7, 11) is 0. The Labute approximate surface area is 97.2 Å². The van der Waals surface area contributed by atoms with E-state index in [1.807, 2.05) is 27.7 Å². The second kappa shape index (κ2) is 4.73. The van der Waals surface area contributed by atoms with Crippen LogP contribution in [0.15, 0.2) is 0 Å². The summed E-state index contributed by atoms with van der Waals surface area (Å²) in [5, 5.41) is 9.03. The first-order chi connectivity index (χ1) is 7.35. The molecule has 90 valence electrons. The number of nitriles is 1. The number of piperidine rings is 1. The van der Waals surface area contributed by atoms with Crippen molar-refractivity contribution >= 4 is 6.09 Å². The fraction of sp³-hybridized carbons (Fsp3) is 0.833. The Balaban J connectivity index is 2.75. The third kappa shape index (κ3) is 3.13. The van der Waals surface area contributed by atoms with Gasteiger partial charge in [-0.15, -0.1) is 0 Å². The van der Waals surface area contributed by atoms with Crippen molar-refractivity contribution in [2.45, 2.75) is 64.6 Å². The van der Waals surface area contributed by atoms with Gasteiger partial charge in [0.2, 0.25) is 0 Å². The maximum Gasteiger partial charge on any atom is 0.411 e. The number of hydrogen-bond acceptors (Lipinski definition) is 3. The highest BCUT2D eigenvalue weighted by Gasteiger charge is 2.34. The average Bonchev–Trinajstić information content (AvgIpc) is 2.14. The summed E-state index contributed by atoms with van der Waals surface area (Å²) >= 11 is 0. The van der Waals surface area contributed by atoms with E-state index < -0.39 is 5.60 Å². The first kappa shape index (κ1) is 12.8. The van der Waals surface area contributed by atoms with Gasteiger partial charge in [-0.05, 0) is 47.0 Å². The van der Waals surface area contributed by atoms with Gasteiger partial charge in [0.15, 0.2) is 0 Å². The van der Waals surface area contributed by atoms with Gasteiger partial charge in [-0.1, -0.05) is 0 Å². The van der Waals surface area contributed by atoms with Crippen molar-refractivity contribution in [3.8, 4) is 6.07 Å². The topological polar surface area (TPSA) is 53.3 Å². The summed E-state index contributed by atoms with van der Waals surface area (Å²) in [6, 6.07) is 1.93. The molecule has 0 aromatic carbocycles. The van der Waals surface area contributed by atoms with Crippen LogP contribution in [0.25, 0.3) is 0 Å². The van der Waals surface area contributed by atoms with E-state index >= 15 is 0 Å². The Kier molecular flexibility index (Phi) is 3.79. The predicted octanol–water partition coefficient (Wildman–Crippen LogP) is 2.69. The monoisotopic (exact) mass is 224 g/mol. The third-order valence-corrected chi connectivity index (χ3v) is 2.66. The van der Waals surface area contributed by atoms with E-state index in [1.165, 1.54) is 0 Å². The molecule has 0 bridgehead atoms. The lowest BCUT2D eigenvalue weighted by Crippen LogP contribution is -2.50. The number of nitrogens with zero attached hydrogens (tertiary/aromatic N) is 2. The van der Waals surface area contributed by atoms with Crippen molar-refractivity contribution in [3.05, 3.63) is 0 Å². The maximum atomic E-state index is 11.9. The Bertz CT molecular complexity index is 301. The molecule has 16 heavy (non-hydrogen) atoms. The van der Waals surface area contributed by atoms with Crippen LogP contribution in [0.2, 0.25) is 0 Å². The van der Waals surface area contributed by atoms with Gasteiger partial charge in [0.25, 0.3) is 0 Å². The summed E-state index contributed by atoms with van der Waals surface area (Å²) in [5.41, 5.74) is -0.506. The van der Waals surface area contributed by atoms with Crippen LogP contribution in [0, 0.1) is 11.3 Å². The molecule has 1 saturated heterocycles. The molecule has 1 fully saturated rings. The molecule has 1 aliphatic rings. The SMILES string of the molecule is C[C@H]1CCC[C@H](C#N)N1C(=O)OC(C)(C)C. The molecule has 0 aromatic rings. The molecule has 0 aromatic heterocycles. The highest BCUT2D eigenvalue weighted by Crippen LogP contribution is 2.24. The molecule has 0 N–H and O–H groups in total. The molecule has 0 spiro atoms. The molecule has 0 radical (unpaired) electrons. The molecular weight excluding hydrogens is 204 g/mol. The van der Waals surface area contributed by atoms with Gasteiger partial charge in [-0.2, -0.15) is 5.26 Å². The van der Waals surface area contributed by atoms with Gasteiger partial charge in [-0.3, -0.25) is 4.90 Å². The fourth-order valence-corrected chi connectivity index (χ4v) is 1.94. The second-order valence-electron chi connectivity index (χ2n) is 5.31. The van der Waals surface area contributed by atoms with E-state index in [2.05, 4.69) is 6.07 Å². The van der Waals surface area contributed by atoms with Gasteiger partial charge in [0.1, 0.15) is 11.6 Å². The number of hydrogen-bond donors (Lipinski definition) is 0. The lowest BCUT2D eigenvalue weighted by molar-refractivity contribution is 0.00448. The molecule has 4 nitrogen and oxygen atoms in total. The Morgan fingerprint density at radius 2 is 2.06 bits per heavy atom. The van der Waals surface area contributed by atoms with Gasteiger partial charge < -0.3 is 4.74 Å². The second-order valence-corrected chi connectivity index (χ2v) is 5.31. The van der Waals surface area contributed by atoms with E-state index in [4.69, 9.17) is 10.00 Å². The average molecular weight is 224 g/mol. The van der Waals surface area contributed by atoms with Crippen molar-refractivity contribution in [2.75, 3.05) is 0 Å². The molecule has 0 saturated carbocycles. The van der Waals surface area contributed by atoms with E-state index in [0.29, 0.717) is 0 Å². The van der Waals surface area contributed by atoms with Crippen LogP contribution in [0.5, 0.6) is 0 Å². The van der Waals surface area contributed by atoms with Crippen molar-refractivity contribution in [1.29, 1.82) is 5.26 Å². The summed E-state index contributed by atoms with van der Waals surface area (Å²) in [6.07, 6.45) is 2.32. The van der Waals surface area contributed by atoms with Gasteiger partial charge in [0.05, 0.1) is 6.07 Å². The smallest absolute Gasteiger partial charge is 0.411 e. The van der Waals surface area contributed by atoms with Crippen molar-refractivity contribution in [1.82, 2.24) is 4.90 Å². The molecule has 1 rings (SSSR count). The number of carbonyl (C=O) groups excluding carboxylic acids is 1. The van der Waals surface area contributed by atoms with Crippen LogP contribution in [-0.2, 0) is 4.74 Å². The fourth-order valence-electron chi connectivity index (χ4n) is 1.94. The molecule has 1 amide bonds. The Morgan fingerprint density at radius 3 is 2.56 bits per heavy atom. The van der Waals surface area contributed by atoms with Gasteiger partial charge in [0, 0.05) is 6.04 Å². The van der Waals surface area contributed by atoms with Crippen LogP contribution < -0.4 is 0 Å². The van der Waals surface area contributed by atoms with Crippen LogP contribution in [-0.4, -0.2) is 28.7 Å². The van der Waals surface area contributed by atoms with E-state index in [1.54, 1.807) is 4.90 Å². The predicted molar refractivity (Wildman–Crippen MR) is 60.8 cm³/mol. The standard InChI is InChI=1S/C12H20N2O2/c1-9-6-5-7-10(8-13)14(9)11(15)16-12(2,3)4/h9-10H,5-7H2,1-4H3/t9-,10+/m0/s1. The van der Waals surface area contributed by atoms with E-state index in [-0.39, 0.29) is 18.2 Å². The van der Waals surface area contributed by atoms with Crippen LogP contribution in [0.4, 0.5) is 4.79 Å². The lowest BCUT2D eigenvalue weighted by Gasteiger charge is -2.37. The van der Waals surface area contributed by atoms with E-state index in [0.717, 1.165) is 19.3 Å². The first-order valence-electron chi connectivity index (χ1n) is 5.76. The van der Waals surface area contributed by atoms with Crippen molar-refractivity contribution < 1.29 is 9.53 Å². The quantitative estimate of drug-likeness (QED) is 0.635. The zero-order chi connectivity index (χ0) is 12.3. The minimum atomic E-state index is -0.506. The Hall–Kier alpha value is -1.24. The number of amides is 1. The molecule has 0 aliphatic carbocycles. The van der Waals surface area contributed by atoms with Crippen LogP contribution in [0.3, 0.4) is 0 Å². The number of ether oxygens (including phenoxy) is 1.